The first-order valence-electron chi connectivity index (χ1n) is 21.5. The number of fused-ring (bicyclic) bond motifs is 2. The van der Waals surface area contributed by atoms with Gasteiger partial charge in [-0.05, 0) is 116 Å². The largest absolute Gasteiger partial charge is 0.462 e. The third-order valence-corrected chi connectivity index (χ3v) is 12.0. The van der Waals surface area contributed by atoms with Crippen LogP contribution in [0.5, 0.6) is 0 Å². The van der Waals surface area contributed by atoms with Gasteiger partial charge < -0.3 is 18.9 Å². The number of carbonyl (C=O) groups excluding carboxylic acids is 4. The van der Waals surface area contributed by atoms with Gasteiger partial charge in [0.1, 0.15) is 0 Å². The lowest BCUT2D eigenvalue weighted by atomic mass is 9.90. The standard InChI is InChI=1S/C55H45NO8S/c1-5-61-52(57)38-25-17-34(18-26-38)48-44-15-11-9-13-42(44)46(56-50(48)36-21-29-40(30-22-36)54(59)63-7-3)33-47-43-14-10-12-16-45(43)49(35-19-27-39(28-20-35)53(58)62-6-2)51(65-47)37-23-31-41(32-24-37)55(60)64-8-4/h9-33H,5-8H2,1-4H3/b47-33-. The normalized spacial score (nSPS) is 12.7. The van der Waals surface area contributed by atoms with Crippen LogP contribution in [-0.4, -0.2) is 55.3 Å². The van der Waals surface area contributed by atoms with Crippen LogP contribution in [0.1, 0.15) is 97.1 Å². The molecule has 0 atom stereocenters. The van der Waals surface area contributed by atoms with E-state index in [2.05, 4.69) is 30.3 Å². The van der Waals surface area contributed by atoms with Crippen molar-refractivity contribution in [2.45, 2.75) is 27.7 Å². The highest BCUT2D eigenvalue weighted by atomic mass is 32.2. The molecule has 324 valence electrons. The molecule has 1 aliphatic rings. The monoisotopic (exact) mass is 879 g/mol. The Morgan fingerprint density at radius 1 is 0.462 bits per heavy atom. The van der Waals surface area contributed by atoms with E-state index in [4.69, 9.17) is 23.9 Å². The number of pyridine rings is 1. The molecule has 1 aliphatic heterocycles. The fourth-order valence-electron chi connectivity index (χ4n) is 7.80. The summed E-state index contributed by atoms with van der Waals surface area (Å²) in [6.45, 7) is 8.18. The van der Waals surface area contributed by atoms with Crippen LogP contribution in [0.15, 0.2) is 146 Å². The summed E-state index contributed by atoms with van der Waals surface area (Å²) in [5.74, 6) is -1.59. The third kappa shape index (κ3) is 9.25. The van der Waals surface area contributed by atoms with Gasteiger partial charge in [0.25, 0.3) is 0 Å². The fourth-order valence-corrected chi connectivity index (χ4v) is 9.06. The molecule has 2 heterocycles. The molecule has 10 heteroatoms. The topological polar surface area (TPSA) is 118 Å². The maximum atomic E-state index is 12.7. The van der Waals surface area contributed by atoms with Crippen molar-refractivity contribution >= 4 is 67.9 Å². The van der Waals surface area contributed by atoms with Gasteiger partial charge >= 0.3 is 23.9 Å². The lowest BCUT2D eigenvalue weighted by Crippen LogP contribution is -2.06. The number of aromatic nitrogens is 1. The summed E-state index contributed by atoms with van der Waals surface area (Å²) in [4.78, 5) is 58.1. The Bertz CT molecular complexity index is 2990. The van der Waals surface area contributed by atoms with Crippen molar-refractivity contribution in [1.29, 1.82) is 0 Å². The van der Waals surface area contributed by atoms with Crippen molar-refractivity contribution in [3.8, 4) is 22.4 Å². The zero-order valence-electron chi connectivity index (χ0n) is 36.4. The van der Waals surface area contributed by atoms with Crippen LogP contribution in [0, 0.1) is 0 Å². The van der Waals surface area contributed by atoms with E-state index in [1.54, 1.807) is 88.0 Å². The summed E-state index contributed by atoms with van der Waals surface area (Å²) < 4.78 is 21.1. The maximum Gasteiger partial charge on any atom is 0.338 e. The van der Waals surface area contributed by atoms with E-state index in [0.29, 0.717) is 33.6 Å². The molecule has 8 rings (SSSR count). The minimum absolute atomic E-state index is 0.261. The summed E-state index contributed by atoms with van der Waals surface area (Å²) in [5, 5.41) is 1.84. The molecule has 9 nitrogen and oxygen atoms in total. The van der Waals surface area contributed by atoms with Crippen molar-refractivity contribution in [3.63, 3.8) is 0 Å². The van der Waals surface area contributed by atoms with E-state index in [0.717, 1.165) is 65.1 Å². The Labute approximate surface area is 381 Å². The molecule has 6 aromatic carbocycles. The summed E-state index contributed by atoms with van der Waals surface area (Å²) in [5.41, 5.74) is 10.3. The van der Waals surface area contributed by atoms with Crippen molar-refractivity contribution in [1.82, 2.24) is 4.98 Å². The van der Waals surface area contributed by atoms with E-state index in [1.807, 2.05) is 72.8 Å². The second-order valence-electron chi connectivity index (χ2n) is 14.8. The van der Waals surface area contributed by atoms with Crippen LogP contribution in [0.4, 0.5) is 0 Å². The van der Waals surface area contributed by atoms with Gasteiger partial charge in [-0.15, -0.1) is 0 Å². The number of hydrogen-bond donors (Lipinski definition) is 0. The molecular formula is C55H45NO8S. The third-order valence-electron chi connectivity index (χ3n) is 10.8. The molecule has 0 N–H and O–H groups in total. The van der Waals surface area contributed by atoms with E-state index in [1.165, 1.54) is 0 Å². The first kappa shape index (κ1) is 44.1. The molecule has 65 heavy (non-hydrogen) atoms. The highest BCUT2D eigenvalue weighted by Crippen LogP contribution is 2.53. The fraction of sp³-hybridized carbons (Fsp3) is 0.145. The summed E-state index contributed by atoms with van der Waals surface area (Å²) in [7, 11) is 0. The Hall–Kier alpha value is -7.56. The number of rotatable bonds is 13. The Morgan fingerprint density at radius 3 is 1.34 bits per heavy atom. The second-order valence-corrected chi connectivity index (χ2v) is 15.9. The molecule has 0 fully saturated rings. The Kier molecular flexibility index (Phi) is 13.5. The van der Waals surface area contributed by atoms with Crippen LogP contribution < -0.4 is 0 Å². The van der Waals surface area contributed by atoms with Crippen molar-refractivity contribution in [3.05, 3.63) is 196 Å². The predicted octanol–water partition coefficient (Wildman–Crippen LogP) is 12.4. The molecule has 0 saturated carbocycles. The lowest BCUT2D eigenvalue weighted by molar-refractivity contribution is 0.0516. The van der Waals surface area contributed by atoms with Gasteiger partial charge in [-0.2, -0.15) is 0 Å². The van der Waals surface area contributed by atoms with Gasteiger partial charge in [-0.25, -0.2) is 24.2 Å². The zero-order chi connectivity index (χ0) is 45.5. The molecule has 0 aliphatic carbocycles. The minimum atomic E-state index is -0.410. The van der Waals surface area contributed by atoms with Gasteiger partial charge in [-0.1, -0.05) is 109 Å². The number of benzene rings is 6. The Balaban J connectivity index is 1.33. The van der Waals surface area contributed by atoms with Crippen molar-refractivity contribution in [2.75, 3.05) is 26.4 Å². The first-order chi connectivity index (χ1) is 31.7. The number of carbonyl (C=O) groups is 4. The average molecular weight is 880 g/mol. The van der Waals surface area contributed by atoms with Crippen molar-refractivity contribution < 1.29 is 38.1 Å². The summed E-state index contributed by atoms with van der Waals surface area (Å²) in [6.07, 6.45) is 2.11. The molecular weight excluding hydrogens is 835 g/mol. The van der Waals surface area contributed by atoms with E-state index < -0.39 is 17.9 Å². The smallest absolute Gasteiger partial charge is 0.338 e. The van der Waals surface area contributed by atoms with E-state index in [-0.39, 0.29) is 32.4 Å². The number of thioether (sulfide) groups is 1. The minimum Gasteiger partial charge on any atom is -0.462 e. The van der Waals surface area contributed by atoms with Crippen LogP contribution in [0.3, 0.4) is 0 Å². The maximum absolute atomic E-state index is 12.7. The molecule has 0 radical (unpaired) electrons. The average Bonchev–Trinajstić information content (AvgIpc) is 3.34. The highest BCUT2D eigenvalue weighted by molar-refractivity contribution is 8.17. The van der Waals surface area contributed by atoms with Gasteiger partial charge in [0.2, 0.25) is 0 Å². The number of ether oxygens (including phenoxy) is 4. The van der Waals surface area contributed by atoms with Gasteiger partial charge in [0, 0.05) is 31.9 Å². The molecule has 0 amide bonds. The first-order valence-corrected chi connectivity index (χ1v) is 22.3. The molecule has 0 spiro atoms. The molecule has 7 aromatic rings. The number of esters is 4. The van der Waals surface area contributed by atoms with Crippen LogP contribution in [-0.2, 0) is 18.9 Å². The van der Waals surface area contributed by atoms with Crippen molar-refractivity contribution in [2.24, 2.45) is 0 Å². The van der Waals surface area contributed by atoms with Crippen LogP contribution in [0.2, 0.25) is 0 Å². The molecule has 0 saturated heterocycles. The highest BCUT2D eigenvalue weighted by Gasteiger charge is 2.27. The van der Waals surface area contributed by atoms with Crippen LogP contribution in [0.25, 0.3) is 54.6 Å². The lowest BCUT2D eigenvalue weighted by Gasteiger charge is -2.26. The van der Waals surface area contributed by atoms with Gasteiger partial charge in [-0.3, -0.25) is 0 Å². The van der Waals surface area contributed by atoms with Crippen LogP contribution >= 0.6 is 11.8 Å². The number of nitrogens with zero attached hydrogens (tertiary/aromatic N) is 1. The van der Waals surface area contributed by atoms with Gasteiger partial charge in [0.15, 0.2) is 0 Å². The van der Waals surface area contributed by atoms with E-state index >= 15 is 0 Å². The second kappa shape index (κ2) is 19.9. The molecule has 1 aromatic heterocycles. The SMILES string of the molecule is CCOC(=O)c1ccc(C2=C(c3ccc(C(=O)OCC)cc3)c3ccccc3/C(=C/c3nc(-c4ccc(C(=O)OCC)cc4)c(-c4ccc(C(=O)OCC)cc4)c4ccccc34)S2)cc1. The summed E-state index contributed by atoms with van der Waals surface area (Å²) >= 11 is 1.59. The summed E-state index contributed by atoms with van der Waals surface area (Å²) in [6, 6.07) is 45.7. The molecule has 0 bridgehead atoms. The van der Waals surface area contributed by atoms with E-state index in [9.17, 15) is 19.2 Å². The Morgan fingerprint density at radius 2 is 0.862 bits per heavy atom. The number of hydrogen-bond acceptors (Lipinski definition) is 10. The zero-order valence-corrected chi connectivity index (χ0v) is 37.2. The predicted molar refractivity (Wildman–Crippen MR) is 257 cm³/mol. The van der Waals surface area contributed by atoms with Gasteiger partial charge in [0.05, 0.1) is 60.1 Å². The molecule has 0 unspecified atom stereocenters. The quantitative estimate of drug-likeness (QED) is 0.0818.